The summed E-state index contributed by atoms with van der Waals surface area (Å²) in [7, 11) is 1.52. The van der Waals surface area contributed by atoms with Crippen molar-refractivity contribution >= 4 is 5.69 Å². The second-order valence-corrected chi connectivity index (χ2v) is 4.56. The van der Waals surface area contributed by atoms with E-state index < -0.39 is 4.92 Å². The summed E-state index contributed by atoms with van der Waals surface area (Å²) < 4.78 is 10.9. The van der Waals surface area contributed by atoms with Crippen molar-refractivity contribution in [2.75, 3.05) is 13.7 Å². The molecule has 0 aromatic heterocycles. The fourth-order valence-corrected chi connectivity index (χ4v) is 2.17. The standard InChI is InChI=1S/C13H18N2O4/c1-3-14-9-6-11(7-9)19-13-8-10(15(16)17)4-5-12(13)18-2/h4-5,8-9,11,14H,3,6-7H2,1-2H3. The summed E-state index contributed by atoms with van der Waals surface area (Å²) in [5, 5.41) is 14.1. The van der Waals surface area contributed by atoms with E-state index >= 15 is 0 Å². The topological polar surface area (TPSA) is 73.6 Å². The van der Waals surface area contributed by atoms with Crippen molar-refractivity contribution in [3.8, 4) is 11.5 Å². The lowest BCUT2D eigenvalue weighted by Gasteiger charge is -2.35. The predicted octanol–water partition coefficient (Wildman–Crippen LogP) is 2.12. The maximum absolute atomic E-state index is 10.8. The highest BCUT2D eigenvalue weighted by molar-refractivity contribution is 5.48. The Balaban J connectivity index is 2.03. The third-order valence-corrected chi connectivity index (χ3v) is 3.24. The number of nitrogens with one attached hydrogen (secondary N) is 1. The molecule has 1 saturated carbocycles. The molecule has 0 amide bonds. The van der Waals surface area contributed by atoms with Gasteiger partial charge < -0.3 is 14.8 Å². The molecule has 6 heteroatoms. The molecule has 0 heterocycles. The lowest BCUT2D eigenvalue weighted by Crippen LogP contribution is -2.46. The Morgan fingerprint density at radius 2 is 2.16 bits per heavy atom. The highest BCUT2D eigenvalue weighted by Crippen LogP contribution is 2.35. The molecule has 0 bridgehead atoms. The first-order valence-corrected chi connectivity index (χ1v) is 6.36. The highest BCUT2D eigenvalue weighted by atomic mass is 16.6. The van der Waals surface area contributed by atoms with Crippen LogP contribution in [0.3, 0.4) is 0 Å². The van der Waals surface area contributed by atoms with E-state index in [9.17, 15) is 10.1 Å². The molecule has 0 atom stereocenters. The molecule has 0 unspecified atom stereocenters. The number of nitro groups is 1. The molecular weight excluding hydrogens is 248 g/mol. The largest absolute Gasteiger partial charge is 0.493 e. The zero-order valence-electron chi connectivity index (χ0n) is 11.1. The van der Waals surface area contributed by atoms with E-state index in [1.165, 1.54) is 19.2 Å². The number of ether oxygens (including phenoxy) is 2. The second kappa shape index (κ2) is 5.88. The van der Waals surface area contributed by atoms with Crippen LogP contribution in [0.15, 0.2) is 18.2 Å². The summed E-state index contributed by atoms with van der Waals surface area (Å²) in [4.78, 5) is 10.3. The van der Waals surface area contributed by atoms with Gasteiger partial charge in [0.05, 0.1) is 18.1 Å². The van der Waals surface area contributed by atoms with Gasteiger partial charge in [-0.15, -0.1) is 0 Å². The van der Waals surface area contributed by atoms with Crippen LogP contribution < -0.4 is 14.8 Å². The number of non-ortho nitro benzene ring substituents is 1. The second-order valence-electron chi connectivity index (χ2n) is 4.56. The van der Waals surface area contributed by atoms with E-state index in [1.807, 2.05) is 0 Å². The summed E-state index contributed by atoms with van der Waals surface area (Å²) in [6.45, 7) is 3.01. The van der Waals surface area contributed by atoms with Crippen molar-refractivity contribution in [3.63, 3.8) is 0 Å². The molecule has 104 valence electrons. The minimum Gasteiger partial charge on any atom is -0.493 e. The average molecular weight is 266 g/mol. The number of rotatable bonds is 6. The van der Waals surface area contributed by atoms with Gasteiger partial charge in [0.15, 0.2) is 11.5 Å². The maximum atomic E-state index is 10.8. The molecule has 1 aliphatic carbocycles. The van der Waals surface area contributed by atoms with Gasteiger partial charge >= 0.3 is 0 Å². The van der Waals surface area contributed by atoms with Gasteiger partial charge in [0.2, 0.25) is 0 Å². The fraction of sp³-hybridized carbons (Fsp3) is 0.538. The van der Waals surface area contributed by atoms with Crippen molar-refractivity contribution in [2.45, 2.75) is 31.9 Å². The van der Waals surface area contributed by atoms with Crippen LogP contribution in [-0.4, -0.2) is 30.7 Å². The zero-order valence-corrected chi connectivity index (χ0v) is 11.1. The molecule has 0 saturated heterocycles. The maximum Gasteiger partial charge on any atom is 0.273 e. The molecule has 19 heavy (non-hydrogen) atoms. The summed E-state index contributed by atoms with van der Waals surface area (Å²) >= 11 is 0. The molecule has 0 aliphatic heterocycles. The molecule has 0 spiro atoms. The van der Waals surface area contributed by atoms with Crippen molar-refractivity contribution in [1.29, 1.82) is 0 Å². The van der Waals surface area contributed by atoms with Crippen LogP contribution in [0.2, 0.25) is 0 Å². The van der Waals surface area contributed by atoms with E-state index in [2.05, 4.69) is 12.2 Å². The molecule has 2 rings (SSSR count). The Morgan fingerprint density at radius 3 is 2.74 bits per heavy atom. The van der Waals surface area contributed by atoms with E-state index in [1.54, 1.807) is 6.07 Å². The van der Waals surface area contributed by atoms with Gasteiger partial charge in [-0.05, 0) is 25.5 Å². The third-order valence-electron chi connectivity index (χ3n) is 3.24. The van der Waals surface area contributed by atoms with E-state index in [0.29, 0.717) is 17.5 Å². The summed E-state index contributed by atoms with van der Waals surface area (Å²) in [6, 6.07) is 4.88. The first kappa shape index (κ1) is 13.6. The van der Waals surface area contributed by atoms with Crippen LogP contribution in [0.25, 0.3) is 0 Å². The van der Waals surface area contributed by atoms with Gasteiger partial charge in [-0.2, -0.15) is 0 Å². The van der Waals surface area contributed by atoms with E-state index in [0.717, 1.165) is 19.4 Å². The highest BCUT2D eigenvalue weighted by Gasteiger charge is 2.31. The molecule has 1 N–H and O–H groups in total. The fourth-order valence-electron chi connectivity index (χ4n) is 2.17. The first-order valence-electron chi connectivity index (χ1n) is 6.36. The number of hydrogen-bond donors (Lipinski definition) is 1. The van der Waals surface area contributed by atoms with Crippen LogP contribution in [0.5, 0.6) is 11.5 Å². The number of nitrogens with zero attached hydrogens (tertiary/aromatic N) is 1. The Kier molecular flexibility index (Phi) is 4.21. The molecule has 0 radical (unpaired) electrons. The predicted molar refractivity (Wildman–Crippen MR) is 70.8 cm³/mol. The van der Waals surface area contributed by atoms with Crippen molar-refractivity contribution in [1.82, 2.24) is 5.32 Å². The minimum atomic E-state index is -0.436. The zero-order chi connectivity index (χ0) is 13.8. The van der Waals surface area contributed by atoms with Gasteiger partial charge in [-0.3, -0.25) is 10.1 Å². The first-order chi connectivity index (χ1) is 9.13. The van der Waals surface area contributed by atoms with Crippen LogP contribution in [-0.2, 0) is 0 Å². The Labute approximate surface area is 111 Å². The van der Waals surface area contributed by atoms with Gasteiger partial charge in [0.1, 0.15) is 6.10 Å². The SMILES string of the molecule is CCNC1CC(Oc2cc([N+](=O)[O-])ccc2OC)C1. The van der Waals surface area contributed by atoms with Crippen LogP contribution >= 0.6 is 0 Å². The van der Waals surface area contributed by atoms with Crippen molar-refractivity contribution < 1.29 is 14.4 Å². The van der Waals surface area contributed by atoms with Crippen LogP contribution in [0.4, 0.5) is 5.69 Å². The van der Waals surface area contributed by atoms with Crippen LogP contribution in [0, 0.1) is 10.1 Å². The van der Waals surface area contributed by atoms with Gasteiger partial charge in [-0.1, -0.05) is 6.92 Å². The van der Waals surface area contributed by atoms with E-state index in [-0.39, 0.29) is 11.8 Å². The van der Waals surface area contributed by atoms with Gasteiger partial charge in [-0.25, -0.2) is 0 Å². The van der Waals surface area contributed by atoms with Gasteiger partial charge in [0, 0.05) is 12.1 Å². The van der Waals surface area contributed by atoms with Gasteiger partial charge in [0.25, 0.3) is 5.69 Å². The summed E-state index contributed by atoms with van der Waals surface area (Å²) in [5.74, 6) is 0.967. The summed E-state index contributed by atoms with van der Waals surface area (Å²) in [5.41, 5.74) is 0.0124. The molecule has 1 aliphatic rings. The normalized spacial score (nSPS) is 21.6. The third kappa shape index (κ3) is 3.14. The number of hydrogen-bond acceptors (Lipinski definition) is 5. The lowest BCUT2D eigenvalue weighted by atomic mass is 9.89. The average Bonchev–Trinajstić information content (AvgIpc) is 2.36. The van der Waals surface area contributed by atoms with Crippen LogP contribution in [0.1, 0.15) is 19.8 Å². The smallest absolute Gasteiger partial charge is 0.273 e. The lowest BCUT2D eigenvalue weighted by molar-refractivity contribution is -0.385. The minimum absolute atomic E-state index is 0.0124. The Morgan fingerprint density at radius 1 is 1.42 bits per heavy atom. The molecule has 1 aromatic rings. The number of methoxy groups -OCH3 is 1. The number of benzene rings is 1. The Hall–Kier alpha value is -1.82. The Bertz CT molecular complexity index is 458. The number of nitro benzene ring substituents is 1. The molecule has 1 fully saturated rings. The molecule has 1 aromatic carbocycles. The quantitative estimate of drug-likeness (QED) is 0.630. The summed E-state index contributed by atoms with van der Waals surface area (Å²) in [6.07, 6.45) is 1.93. The van der Waals surface area contributed by atoms with Crippen molar-refractivity contribution in [2.24, 2.45) is 0 Å². The monoisotopic (exact) mass is 266 g/mol. The molecule has 6 nitrogen and oxygen atoms in total. The molecular formula is C13H18N2O4. The van der Waals surface area contributed by atoms with E-state index in [4.69, 9.17) is 9.47 Å². The van der Waals surface area contributed by atoms with Crippen molar-refractivity contribution in [3.05, 3.63) is 28.3 Å².